The highest BCUT2D eigenvalue weighted by Gasteiger charge is 2.20. The molecule has 1 atom stereocenters. The first-order valence-electron chi connectivity index (χ1n) is 7.77. The summed E-state index contributed by atoms with van der Waals surface area (Å²) in [5, 5.41) is 17.2. The van der Waals surface area contributed by atoms with Gasteiger partial charge in [0, 0.05) is 36.3 Å². The Morgan fingerprint density at radius 3 is 2.71 bits per heavy atom. The summed E-state index contributed by atoms with van der Waals surface area (Å²) in [6.45, 7) is 3.04. The molecule has 0 aliphatic carbocycles. The molecule has 0 bridgehead atoms. The van der Waals surface area contributed by atoms with Gasteiger partial charge in [0.1, 0.15) is 12.4 Å². The van der Waals surface area contributed by atoms with Crippen molar-refractivity contribution in [3.05, 3.63) is 60.1 Å². The second-order valence-corrected chi connectivity index (χ2v) is 5.54. The van der Waals surface area contributed by atoms with Crippen molar-refractivity contribution in [1.82, 2.24) is 10.2 Å². The van der Waals surface area contributed by atoms with Crippen molar-refractivity contribution in [2.45, 2.75) is 13.2 Å². The van der Waals surface area contributed by atoms with Crippen molar-refractivity contribution < 1.29 is 14.6 Å². The zero-order chi connectivity index (χ0) is 16.9. The van der Waals surface area contributed by atoms with Crippen LogP contribution in [0.25, 0.3) is 5.57 Å². The molecule has 1 aromatic carbocycles. The molecule has 0 radical (unpaired) electrons. The first kappa shape index (κ1) is 16.3. The number of allylic oxidation sites excluding steroid dienone is 2. The SMILES string of the molecule is COCCOc1ccc(N2C=C(c3cn[nH]c3)C(C)=CC2O)cc1. The molecule has 2 aromatic rings. The number of H-pyrrole nitrogens is 1. The predicted octanol–water partition coefficient (Wildman–Crippen LogP) is 2.56. The molecule has 0 spiro atoms. The van der Waals surface area contributed by atoms with Gasteiger partial charge in [-0.15, -0.1) is 0 Å². The van der Waals surface area contributed by atoms with E-state index >= 15 is 0 Å². The lowest BCUT2D eigenvalue weighted by atomic mass is 9.99. The number of hydrogen-bond donors (Lipinski definition) is 2. The molecule has 0 fully saturated rings. The summed E-state index contributed by atoms with van der Waals surface area (Å²) in [6.07, 6.45) is 6.66. The van der Waals surface area contributed by atoms with Gasteiger partial charge >= 0.3 is 0 Å². The third-order valence-corrected chi connectivity index (χ3v) is 3.88. The molecule has 1 unspecified atom stereocenters. The molecule has 0 saturated carbocycles. The van der Waals surface area contributed by atoms with Gasteiger partial charge in [-0.1, -0.05) is 0 Å². The number of aromatic amines is 1. The summed E-state index contributed by atoms with van der Waals surface area (Å²) in [6, 6.07) is 7.61. The molecule has 3 rings (SSSR count). The van der Waals surface area contributed by atoms with E-state index in [0.717, 1.165) is 28.1 Å². The van der Waals surface area contributed by atoms with Crippen LogP contribution in [0.5, 0.6) is 5.75 Å². The van der Waals surface area contributed by atoms with Crippen LogP contribution in [0, 0.1) is 0 Å². The van der Waals surface area contributed by atoms with Gasteiger partial charge in [0.2, 0.25) is 0 Å². The minimum Gasteiger partial charge on any atom is -0.491 e. The van der Waals surface area contributed by atoms with Crippen LogP contribution in [0.2, 0.25) is 0 Å². The van der Waals surface area contributed by atoms with E-state index in [4.69, 9.17) is 9.47 Å². The van der Waals surface area contributed by atoms with Gasteiger partial charge in [0.05, 0.1) is 12.8 Å². The van der Waals surface area contributed by atoms with Gasteiger partial charge in [0.15, 0.2) is 6.23 Å². The molecule has 2 heterocycles. The van der Waals surface area contributed by atoms with E-state index in [9.17, 15) is 5.11 Å². The van der Waals surface area contributed by atoms with E-state index in [1.54, 1.807) is 13.3 Å². The second kappa shape index (κ2) is 7.33. The summed E-state index contributed by atoms with van der Waals surface area (Å²) < 4.78 is 10.5. The third kappa shape index (κ3) is 3.50. The summed E-state index contributed by atoms with van der Waals surface area (Å²) in [5.74, 6) is 0.771. The van der Waals surface area contributed by atoms with E-state index in [2.05, 4.69) is 10.2 Å². The van der Waals surface area contributed by atoms with Crippen molar-refractivity contribution >= 4 is 11.3 Å². The zero-order valence-corrected chi connectivity index (χ0v) is 13.8. The number of nitrogens with one attached hydrogen (secondary N) is 1. The molecular formula is C18H21N3O3. The van der Waals surface area contributed by atoms with E-state index in [1.165, 1.54) is 0 Å². The Morgan fingerprint density at radius 1 is 1.25 bits per heavy atom. The maximum absolute atomic E-state index is 10.4. The lowest BCUT2D eigenvalue weighted by molar-refractivity contribution is 0.146. The number of hydrogen-bond acceptors (Lipinski definition) is 5. The maximum Gasteiger partial charge on any atom is 0.150 e. The highest BCUT2D eigenvalue weighted by molar-refractivity contribution is 5.81. The highest BCUT2D eigenvalue weighted by Crippen LogP contribution is 2.31. The smallest absolute Gasteiger partial charge is 0.150 e. The number of rotatable bonds is 6. The van der Waals surface area contributed by atoms with Gasteiger partial charge in [-0.2, -0.15) is 5.10 Å². The number of benzene rings is 1. The van der Waals surface area contributed by atoms with Crippen LogP contribution < -0.4 is 9.64 Å². The molecule has 6 nitrogen and oxygen atoms in total. The van der Waals surface area contributed by atoms with Crippen LogP contribution in [0.3, 0.4) is 0 Å². The summed E-state index contributed by atoms with van der Waals surface area (Å²) in [7, 11) is 1.64. The van der Waals surface area contributed by atoms with Crippen molar-refractivity contribution in [3.63, 3.8) is 0 Å². The van der Waals surface area contributed by atoms with Gasteiger partial charge in [-0.05, 0) is 42.8 Å². The minimum atomic E-state index is -0.707. The highest BCUT2D eigenvalue weighted by atomic mass is 16.5. The number of aliphatic hydroxyl groups excluding tert-OH is 1. The number of nitrogens with zero attached hydrogens (tertiary/aromatic N) is 2. The average Bonchev–Trinajstić information content (AvgIpc) is 3.10. The molecule has 126 valence electrons. The van der Waals surface area contributed by atoms with Crippen molar-refractivity contribution in [1.29, 1.82) is 0 Å². The molecule has 1 aromatic heterocycles. The van der Waals surface area contributed by atoms with Gasteiger partial charge in [-0.3, -0.25) is 5.10 Å². The minimum absolute atomic E-state index is 0.509. The van der Waals surface area contributed by atoms with E-state index in [1.807, 2.05) is 54.6 Å². The Kier molecular flexibility index (Phi) is 4.98. The monoisotopic (exact) mass is 327 g/mol. The number of methoxy groups -OCH3 is 1. The first-order valence-corrected chi connectivity index (χ1v) is 7.77. The standard InChI is InChI=1S/C18H21N3O3/c1-13-9-18(22)21(12-17(13)14-10-19-20-11-14)15-3-5-16(6-4-15)24-8-7-23-2/h3-6,9-12,18,22H,7-8H2,1-2H3,(H,19,20). The molecule has 1 aliphatic heterocycles. The Labute approximate surface area is 141 Å². The van der Waals surface area contributed by atoms with Crippen LogP contribution in [0.15, 0.2) is 54.5 Å². The summed E-state index contributed by atoms with van der Waals surface area (Å²) >= 11 is 0. The lowest BCUT2D eigenvalue weighted by Gasteiger charge is -2.30. The van der Waals surface area contributed by atoms with Crippen molar-refractivity contribution in [2.75, 3.05) is 25.2 Å². The normalized spacial score (nSPS) is 17.5. The lowest BCUT2D eigenvalue weighted by Crippen LogP contribution is -2.31. The molecule has 2 N–H and O–H groups in total. The molecule has 6 heteroatoms. The van der Waals surface area contributed by atoms with Crippen LogP contribution in [-0.2, 0) is 4.74 Å². The number of anilines is 1. The Bertz CT molecular complexity index is 720. The number of ether oxygens (including phenoxy) is 2. The summed E-state index contributed by atoms with van der Waals surface area (Å²) in [4.78, 5) is 1.81. The fourth-order valence-corrected chi connectivity index (χ4v) is 2.60. The Morgan fingerprint density at radius 2 is 2.04 bits per heavy atom. The fraction of sp³-hybridized carbons (Fsp3) is 0.278. The van der Waals surface area contributed by atoms with Gasteiger partial charge in [-0.25, -0.2) is 0 Å². The number of aromatic nitrogens is 2. The average molecular weight is 327 g/mol. The van der Waals surface area contributed by atoms with Crippen molar-refractivity contribution in [2.24, 2.45) is 0 Å². The van der Waals surface area contributed by atoms with Crippen molar-refractivity contribution in [3.8, 4) is 5.75 Å². The van der Waals surface area contributed by atoms with Crippen LogP contribution in [0.1, 0.15) is 12.5 Å². The molecule has 0 saturated heterocycles. The van der Waals surface area contributed by atoms with Crippen LogP contribution in [0.4, 0.5) is 5.69 Å². The fourth-order valence-electron chi connectivity index (χ4n) is 2.60. The second-order valence-electron chi connectivity index (χ2n) is 5.54. The maximum atomic E-state index is 10.4. The van der Waals surface area contributed by atoms with Crippen LogP contribution >= 0.6 is 0 Å². The quantitative estimate of drug-likeness (QED) is 0.798. The molecule has 1 aliphatic rings. The summed E-state index contributed by atoms with van der Waals surface area (Å²) in [5.41, 5.74) is 3.90. The largest absolute Gasteiger partial charge is 0.491 e. The predicted molar refractivity (Wildman–Crippen MR) is 92.6 cm³/mol. The van der Waals surface area contributed by atoms with Gasteiger partial charge < -0.3 is 19.5 Å². The van der Waals surface area contributed by atoms with E-state index in [-0.39, 0.29) is 0 Å². The topological polar surface area (TPSA) is 70.6 Å². The first-order chi connectivity index (χ1) is 11.7. The Balaban J connectivity index is 1.80. The van der Waals surface area contributed by atoms with Crippen LogP contribution in [-0.4, -0.2) is 41.9 Å². The van der Waals surface area contributed by atoms with E-state index in [0.29, 0.717) is 13.2 Å². The van der Waals surface area contributed by atoms with E-state index < -0.39 is 6.23 Å². The molecular weight excluding hydrogens is 306 g/mol. The number of aliphatic hydroxyl groups is 1. The zero-order valence-electron chi connectivity index (χ0n) is 13.8. The third-order valence-electron chi connectivity index (χ3n) is 3.88. The molecule has 0 amide bonds. The Hall–Kier alpha value is -2.57. The molecule has 24 heavy (non-hydrogen) atoms. The van der Waals surface area contributed by atoms with Gasteiger partial charge in [0.25, 0.3) is 0 Å².